The highest BCUT2D eigenvalue weighted by molar-refractivity contribution is 6.20. The summed E-state index contributed by atoms with van der Waals surface area (Å²) in [4.78, 5) is 20.0. The zero-order valence-corrected chi connectivity index (χ0v) is 27.1. The first-order valence-corrected chi connectivity index (χ1v) is 17.1. The van der Waals surface area contributed by atoms with Crippen molar-refractivity contribution in [3.8, 4) is 11.1 Å². The number of pyridine rings is 3. The maximum Gasteiger partial charge on any atom is 0.0967 e. The molecule has 2 aliphatic rings. The SMILES string of the molecule is C[C@H]1CC=Nc2c1ccc1c(-c3ccc4nc(C5=CC=CC(c6nc7ccccc7c7c6ccc6ccccc67)C5)ccc4c3)ccnc21. The minimum atomic E-state index is 0.145. The molecule has 0 amide bonds. The molecule has 3 aromatic heterocycles. The summed E-state index contributed by atoms with van der Waals surface area (Å²) in [5.41, 5.74) is 11.0. The molecule has 0 saturated carbocycles. The van der Waals surface area contributed by atoms with Gasteiger partial charge in [0, 0.05) is 45.3 Å². The van der Waals surface area contributed by atoms with Gasteiger partial charge in [0.05, 0.1) is 33.6 Å². The highest BCUT2D eigenvalue weighted by Crippen LogP contribution is 2.42. The summed E-state index contributed by atoms with van der Waals surface area (Å²) >= 11 is 0. The van der Waals surface area contributed by atoms with Gasteiger partial charge in [0.25, 0.3) is 0 Å². The first kappa shape index (κ1) is 28.1. The van der Waals surface area contributed by atoms with Gasteiger partial charge < -0.3 is 0 Å². The van der Waals surface area contributed by atoms with E-state index >= 15 is 0 Å². The molecule has 10 rings (SSSR count). The molecule has 2 atom stereocenters. The molecule has 1 unspecified atom stereocenters. The number of aliphatic imine (C=N–C) groups is 1. The molecule has 4 heteroatoms. The fourth-order valence-electron chi connectivity index (χ4n) is 7.99. The molecule has 4 heterocycles. The van der Waals surface area contributed by atoms with E-state index in [-0.39, 0.29) is 5.92 Å². The molecule has 4 nitrogen and oxygen atoms in total. The molecule has 0 saturated heterocycles. The maximum absolute atomic E-state index is 5.29. The lowest BCUT2D eigenvalue weighted by molar-refractivity contribution is 0.803. The van der Waals surface area contributed by atoms with E-state index in [1.165, 1.54) is 38.1 Å². The van der Waals surface area contributed by atoms with Crippen LogP contribution in [0.2, 0.25) is 0 Å². The van der Waals surface area contributed by atoms with Gasteiger partial charge in [-0.2, -0.15) is 0 Å². The molecule has 232 valence electrons. The highest BCUT2D eigenvalue weighted by Gasteiger charge is 2.22. The van der Waals surface area contributed by atoms with Crippen LogP contribution in [0.1, 0.15) is 48.6 Å². The predicted octanol–water partition coefficient (Wildman–Crippen LogP) is 11.6. The van der Waals surface area contributed by atoms with Gasteiger partial charge >= 0.3 is 0 Å². The van der Waals surface area contributed by atoms with Crippen molar-refractivity contribution in [2.75, 3.05) is 0 Å². The molecule has 0 N–H and O–H groups in total. The van der Waals surface area contributed by atoms with Crippen LogP contribution in [0.25, 0.3) is 71.0 Å². The van der Waals surface area contributed by atoms with E-state index in [1.54, 1.807) is 0 Å². The van der Waals surface area contributed by atoms with Crippen molar-refractivity contribution in [2.24, 2.45) is 4.99 Å². The van der Waals surface area contributed by atoms with Crippen LogP contribution >= 0.6 is 0 Å². The summed E-state index contributed by atoms with van der Waals surface area (Å²) in [5, 5.41) is 8.47. The number of rotatable bonds is 3. The van der Waals surface area contributed by atoms with E-state index < -0.39 is 0 Å². The van der Waals surface area contributed by atoms with Gasteiger partial charge in [-0.05, 0) is 82.1 Å². The van der Waals surface area contributed by atoms with E-state index in [0.29, 0.717) is 5.92 Å². The van der Waals surface area contributed by atoms with E-state index in [0.717, 1.165) is 68.4 Å². The quantitative estimate of drug-likeness (QED) is 0.183. The second-order valence-electron chi connectivity index (χ2n) is 13.4. The Morgan fingerprint density at radius 2 is 1.55 bits per heavy atom. The van der Waals surface area contributed by atoms with Crippen LogP contribution in [-0.2, 0) is 0 Å². The van der Waals surface area contributed by atoms with Gasteiger partial charge in [-0.15, -0.1) is 0 Å². The van der Waals surface area contributed by atoms with Crippen molar-refractivity contribution in [1.82, 2.24) is 15.0 Å². The van der Waals surface area contributed by atoms with Crippen LogP contribution in [0.15, 0.2) is 139 Å². The van der Waals surface area contributed by atoms with Gasteiger partial charge in [0.15, 0.2) is 0 Å². The predicted molar refractivity (Wildman–Crippen MR) is 205 cm³/mol. The number of aromatic nitrogens is 3. The number of hydrogen-bond acceptors (Lipinski definition) is 4. The third-order valence-electron chi connectivity index (χ3n) is 10.5. The molecule has 8 aromatic rings. The van der Waals surface area contributed by atoms with Gasteiger partial charge in [-0.3, -0.25) is 15.0 Å². The van der Waals surface area contributed by atoms with E-state index in [4.69, 9.17) is 19.9 Å². The Bertz CT molecular complexity index is 2740. The Morgan fingerprint density at radius 1 is 0.694 bits per heavy atom. The molecule has 0 spiro atoms. The molecule has 0 radical (unpaired) electrons. The topological polar surface area (TPSA) is 51.0 Å². The molecule has 1 aliphatic carbocycles. The van der Waals surface area contributed by atoms with Crippen LogP contribution in [0.3, 0.4) is 0 Å². The second-order valence-corrected chi connectivity index (χ2v) is 13.4. The second kappa shape index (κ2) is 11.0. The zero-order chi connectivity index (χ0) is 32.5. The van der Waals surface area contributed by atoms with Crippen LogP contribution in [-0.4, -0.2) is 21.2 Å². The number of hydrogen-bond donors (Lipinski definition) is 0. The Hall–Kier alpha value is -6.00. The van der Waals surface area contributed by atoms with Crippen molar-refractivity contribution in [1.29, 1.82) is 0 Å². The Balaban J connectivity index is 1.01. The summed E-state index contributed by atoms with van der Waals surface area (Å²) < 4.78 is 0. The third-order valence-corrected chi connectivity index (χ3v) is 10.5. The Labute approximate surface area is 284 Å². The average molecular weight is 629 g/mol. The lowest BCUT2D eigenvalue weighted by atomic mass is 9.86. The van der Waals surface area contributed by atoms with Crippen molar-refractivity contribution in [3.63, 3.8) is 0 Å². The summed E-state index contributed by atoms with van der Waals surface area (Å²) in [6, 6.07) is 39.2. The van der Waals surface area contributed by atoms with Gasteiger partial charge in [0.1, 0.15) is 0 Å². The molecule has 5 aromatic carbocycles. The first-order chi connectivity index (χ1) is 24.2. The Morgan fingerprint density at radius 3 is 2.51 bits per heavy atom. The zero-order valence-electron chi connectivity index (χ0n) is 27.1. The number of fused-ring (bicyclic) bond motifs is 9. The summed E-state index contributed by atoms with van der Waals surface area (Å²) in [5.74, 6) is 0.600. The van der Waals surface area contributed by atoms with Crippen molar-refractivity contribution >= 4 is 71.7 Å². The third kappa shape index (κ3) is 4.51. The first-order valence-electron chi connectivity index (χ1n) is 17.1. The maximum atomic E-state index is 5.29. The van der Waals surface area contributed by atoms with Crippen LogP contribution in [0, 0.1) is 0 Å². The molecule has 1 aliphatic heterocycles. The minimum absolute atomic E-state index is 0.145. The Kier molecular flexibility index (Phi) is 6.32. The van der Waals surface area contributed by atoms with Gasteiger partial charge in [0.2, 0.25) is 0 Å². The minimum Gasteiger partial charge on any atom is -0.259 e. The lowest BCUT2D eigenvalue weighted by Gasteiger charge is -2.21. The number of allylic oxidation sites excluding steroid dienone is 4. The fourth-order valence-corrected chi connectivity index (χ4v) is 7.99. The number of nitrogens with zero attached hydrogens (tertiary/aromatic N) is 4. The largest absolute Gasteiger partial charge is 0.259 e. The highest BCUT2D eigenvalue weighted by atomic mass is 14.8. The molecule has 0 bridgehead atoms. The molecule has 0 fully saturated rings. The fraction of sp³-hybridized carbons (Fsp3) is 0.111. The normalized spacial score (nSPS) is 17.3. The van der Waals surface area contributed by atoms with Crippen molar-refractivity contribution in [3.05, 3.63) is 151 Å². The van der Waals surface area contributed by atoms with Crippen molar-refractivity contribution in [2.45, 2.75) is 31.6 Å². The van der Waals surface area contributed by atoms with Crippen LogP contribution < -0.4 is 0 Å². The smallest absolute Gasteiger partial charge is 0.0967 e. The van der Waals surface area contributed by atoms with Crippen molar-refractivity contribution < 1.29 is 0 Å². The summed E-state index contributed by atoms with van der Waals surface area (Å²) in [6.45, 7) is 2.26. The van der Waals surface area contributed by atoms with E-state index in [2.05, 4.69) is 134 Å². The van der Waals surface area contributed by atoms with Gasteiger partial charge in [-0.1, -0.05) is 104 Å². The molecular weight excluding hydrogens is 597 g/mol. The summed E-state index contributed by atoms with van der Waals surface area (Å²) in [6.07, 6.45) is 12.4. The van der Waals surface area contributed by atoms with Crippen LogP contribution in [0.5, 0.6) is 0 Å². The monoisotopic (exact) mass is 628 g/mol. The van der Waals surface area contributed by atoms with Gasteiger partial charge in [-0.25, -0.2) is 4.98 Å². The van der Waals surface area contributed by atoms with E-state index in [1.807, 2.05) is 12.4 Å². The summed E-state index contributed by atoms with van der Waals surface area (Å²) in [7, 11) is 0. The standard InChI is InChI=1S/C45H32N4/c1-27-21-23-46-44-33(27)17-18-36-34(22-24-47-45(36)44)29-14-19-40-31(25-29)15-20-39(48-40)30-8-6-9-32(26-30)43-38-16-13-28-7-2-3-10-35(28)42(38)37-11-4-5-12-41(37)49-43/h2-20,22-25,27,32H,21,26H2,1H3/t27-,32?/m0/s1. The average Bonchev–Trinajstić information content (AvgIpc) is 3.16. The molecular formula is C45H32N4. The van der Waals surface area contributed by atoms with Crippen LogP contribution in [0.4, 0.5) is 5.69 Å². The number of para-hydroxylation sites is 1. The van der Waals surface area contributed by atoms with E-state index in [9.17, 15) is 0 Å². The number of benzene rings is 5. The molecule has 49 heavy (non-hydrogen) atoms. The lowest BCUT2D eigenvalue weighted by Crippen LogP contribution is -2.05.